The second-order valence-corrected chi connectivity index (χ2v) is 9.16. The van der Waals surface area contributed by atoms with Gasteiger partial charge < -0.3 is 14.2 Å². The minimum atomic E-state index is -0.361. The lowest BCUT2D eigenvalue weighted by atomic mass is 9.75. The number of nitrogens with zero attached hydrogens (tertiary/aromatic N) is 4. The zero-order chi connectivity index (χ0) is 19.7. The fraction of sp³-hybridized carbons (Fsp3) is 0.619. The molecule has 0 unspecified atom stereocenters. The van der Waals surface area contributed by atoms with Gasteiger partial charge in [0.25, 0.3) is 0 Å². The number of hydrogen-bond donors (Lipinski definition) is 0. The molecule has 0 aromatic carbocycles. The molecule has 1 amide bonds. The van der Waals surface area contributed by atoms with Crippen LogP contribution in [-0.4, -0.2) is 65.2 Å². The number of methoxy groups -OCH3 is 1. The number of ether oxygens (including phenoxy) is 1. The molecule has 0 N–H and O–H groups in total. The fourth-order valence-electron chi connectivity index (χ4n) is 4.70. The number of carbonyl (C=O) groups is 1. The molecule has 2 atom stereocenters. The van der Waals surface area contributed by atoms with Crippen LogP contribution in [0.15, 0.2) is 29.4 Å². The lowest BCUT2D eigenvalue weighted by Crippen LogP contribution is -2.40. The molecule has 2 saturated heterocycles. The largest absolute Gasteiger partial charge is 0.383 e. The van der Waals surface area contributed by atoms with Crippen LogP contribution >= 0.6 is 11.3 Å². The highest BCUT2D eigenvalue weighted by Crippen LogP contribution is 2.49. The lowest BCUT2D eigenvalue weighted by Gasteiger charge is -2.28. The van der Waals surface area contributed by atoms with E-state index in [9.17, 15) is 4.79 Å². The van der Waals surface area contributed by atoms with Crippen molar-refractivity contribution >= 4 is 17.2 Å². The van der Waals surface area contributed by atoms with Gasteiger partial charge in [-0.2, -0.15) is 11.3 Å². The fourth-order valence-corrected chi connectivity index (χ4v) is 5.36. The van der Waals surface area contributed by atoms with E-state index in [0.717, 1.165) is 38.3 Å². The Kier molecular flexibility index (Phi) is 5.58. The molecular formula is C21H30N4O2S. The number of thiophene rings is 1. The molecule has 2 aromatic rings. The molecule has 0 radical (unpaired) electrons. The number of imidazole rings is 1. The summed E-state index contributed by atoms with van der Waals surface area (Å²) in [6.07, 6.45) is 4.96. The van der Waals surface area contributed by atoms with E-state index in [4.69, 9.17) is 9.72 Å². The molecule has 0 aliphatic carbocycles. The summed E-state index contributed by atoms with van der Waals surface area (Å²) < 4.78 is 7.36. The molecule has 28 heavy (non-hydrogen) atoms. The highest BCUT2D eigenvalue weighted by molar-refractivity contribution is 7.07. The molecule has 152 valence electrons. The van der Waals surface area contributed by atoms with Crippen LogP contribution in [-0.2, 0) is 16.1 Å². The molecular weight excluding hydrogens is 372 g/mol. The van der Waals surface area contributed by atoms with Gasteiger partial charge in [-0.25, -0.2) is 4.98 Å². The third kappa shape index (κ3) is 3.51. The molecule has 2 aliphatic rings. The third-order valence-electron chi connectivity index (χ3n) is 6.28. The highest BCUT2D eigenvalue weighted by atomic mass is 32.1. The first-order chi connectivity index (χ1) is 13.5. The summed E-state index contributed by atoms with van der Waals surface area (Å²) in [5, 5.41) is 4.32. The van der Waals surface area contributed by atoms with Crippen LogP contribution in [0.1, 0.15) is 43.5 Å². The van der Waals surface area contributed by atoms with Crippen molar-refractivity contribution in [3.05, 3.63) is 40.6 Å². The third-order valence-corrected chi connectivity index (χ3v) is 7.01. The molecule has 0 saturated carbocycles. The van der Waals surface area contributed by atoms with Gasteiger partial charge in [-0.3, -0.25) is 9.69 Å². The van der Waals surface area contributed by atoms with Gasteiger partial charge in [0.1, 0.15) is 0 Å². The van der Waals surface area contributed by atoms with Crippen LogP contribution in [0.4, 0.5) is 0 Å². The van der Waals surface area contributed by atoms with Crippen molar-refractivity contribution in [1.82, 2.24) is 19.4 Å². The molecule has 0 bridgehead atoms. The Hall–Kier alpha value is -1.70. The predicted octanol–water partition coefficient (Wildman–Crippen LogP) is 2.99. The summed E-state index contributed by atoms with van der Waals surface area (Å²) in [7, 11) is 1.69. The molecule has 1 spiro atoms. The number of likely N-dealkylation sites (tertiary alicyclic amines) is 2. The second kappa shape index (κ2) is 7.97. The Balaban J connectivity index is 1.61. The number of carbonyl (C=O) groups excluding carboxylic acids is 1. The summed E-state index contributed by atoms with van der Waals surface area (Å²) in [4.78, 5) is 22.7. The van der Waals surface area contributed by atoms with E-state index >= 15 is 0 Å². The normalized spacial score (nSPS) is 25.6. The quantitative estimate of drug-likeness (QED) is 0.714. The SMILES string of the molecule is COCCN1CC[C@]2(CN(Cc3ccsc3)C[C@@H]2c2cn(C(C)C)cn2)C1=O. The zero-order valence-corrected chi connectivity index (χ0v) is 17.8. The summed E-state index contributed by atoms with van der Waals surface area (Å²) in [6.45, 7) is 8.99. The van der Waals surface area contributed by atoms with Crippen molar-refractivity contribution < 1.29 is 9.53 Å². The van der Waals surface area contributed by atoms with E-state index in [-0.39, 0.29) is 17.2 Å². The van der Waals surface area contributed by atoms with Gasteiger partial charge in [0, 0.05) is 58.0 Å². The topological polar surface area (TPSA) is 50.6 Å². The maximum Gasteiger partial charge on any atom is 0.230 e. The summed E-state index contributed by atoms with van der Waals surface area (Å²) in [5.74, 6) is 0.424. The van der Waals surface area contributed by atoms with E-state index in [1.165, 1.54) is 5.56 Å². The lowest BCUT2D eigenvalue weighted by molar-refractivity contribution is -0.136. The van der Waals surface area contributed by atoms with Crippen LogP contribution in [0.25, 0.3) is 0 Å². The van der Waals surface area contributed by atoms with Crippen LogP contribution in [0, 0.1) is 5.41 Å². The van der Waals surface area contributed by atoms with Gasteiger partial charge in [0.2, 0.25) is 5.91 Å². The first kappa shape index (κ1) is 19.6. The minimum absolute atomic E-state index is 0.145. The van der Waals surface area contributed by atoms with Gasteiger partial charge in [-0.1, -0.05) is 0 Å². The van der Waals surface area contributed by atoms with E-state index < -0.39 is 0 Å². The number of rotatable bonds is 7. The van der Waals surface area contributed by atoms with Gasteiger partial charge >= 0.3 is 0 Å². The van der Waals surface area contributed by atoms with Crippen molar-refractivity contribution in [1.29, 1.82) is 0 Å². The number of aromatic nitrogens is 2. The average molecular weight is 403 g/mol. The molecule has 6 nitrogen and oxygen atoms in total. The van der Waals surface area contributed by atoms with Crippen molar-refractivity contribution in [2.75, 3.05) is 39.9 Å². The molecule has 7 heteroatoms. The zero-order valence-electron chi connectivity index (χ0n) is 17.0. The van der Waals surface area contributed by atoms with Gasteiger partial charge in [-0.05, 0) is 42.7 Å². The average Bonchev–Trinajstić information content (AvgIpc) is 3.44. The second-order valence-electron chi connectivity index (χ2n) is 8.38. The Morgan fingerprint density at radius 2 is 2.29 bits per heavy atom. The summed E-state index contributed by atoms with van der Waals surface area (Å²) >= 11 is 1.73. The summed E-state index contributed by atoms with van der Waals surface area (Å²) in [5.41, 5.74) is 2.03. The van der Waals surface area contributed by atoms with Crippen molar-refractivity contribution in [2.24, 2.45) is 5.41 Å². The maximum absolute atomic E-state index is 13.5. The molecule has 2 aromatic heterocycles. The Morgan fingerprint density at radius 3 is 2.96 bits per heavy atom. The number of amides is 1. The highest BCUT2D eigenvalue weighted by Gasteiger charge is 2.57. The molecule has 4 heterocycles. The first-order valence-electron chi connectivity index (χ1n) is 10.1. The molecule has 2 aliphatic heterocycles. The van der Waals surface area contributed by atoms with Gasteiger partial charge in [0.15, 0.2) is 0 Å². The monoisotopic (exact) mass is 402 g/mol. The maximum atomic E-state index is 13.5. The first-order valence-corrected chi connectivity index (χ1v) is 11.0. The number of hydrogen-bond acceptors (Lipinski definition) is 5. The van der Waals surface area contributed by atoms with Crippen LogP contribution < -0.4 is 0 Å². The molecule has 4 rings (SSSR count). The Morgan fingerprint density at radius 1 is 1.43 bits per heavy atom. The van der Waals surface area contributed by atoms with Crippen molar-refractivity contribution in [3.8, 4) is 0 Å². The van der Waals surface area contributed by atoms with E-state index in [1.807, 2.05) is 11.2 Å². The smallest absolute Gasteiger partial charge is 0.230 e. The van der Waals surface area contributed by atoms with Crippen LogP contribution in [0.2, 0.25) is 0 Å². The Bertz CT molecular complexity index is 803. The Labute approximate surface area is 171 Å². The van der Waals surface area contributed by atoms with Crippen molar-refractivity contribution in [3.63, 3.8) is 0 Å². The van der Waals surface area contributed by atoms with Crippen LogP contribution in [0.3, 0.4) is 0 Å². The van der Waals surface area contributed by atoms with E-state index in [2.05, 4.69) is 46.3 Å². The van der Waals surface area contributed by atoms with Gasteiger partial charge in [0.05, 0.1) is 24.0 Å². The molecule has 2 fully saturated rings. The van der Waals surface area contributed by atoms with E-state index in [0.29, 0.717) is 19.2 Å². The van der Waals surface area contributed by atoms with Crippen molar-refractivity contribution in [2.45, 2.75) is 38.8 Å². The predicted molar refractivity (Wildman–Crippen MR) is 110 cm³/mol. The van der Waals surface area contributed by atoms with Gasteiger partial charge in [-0.15, -0.1) is 0 Å². The summed E-state index contributed by atoms with van der Waals surface area (Å²) in [6, 6.07) is 2.55. The minimum Gasteiger partial charge on any atom is -0.383 e. The van der Waals surface area contributed by atoms with Crippen LogP contribution in [0.5, 0.6) is 0 Å². The standard InChI is InChI=1S/C21H30N4O2S/c1-16(2)25-12-19(22-15-25)18-11-23(10-17-4-9-28-13-17)14-21(18)5-6-24(20(21)26)7-8-27-3/h4,9,12-13,15-16,18H,5-8,10-11,14H2,1-3H3/t18-,21-/m1/s1. The van der Waals surface area contributed by atoms with E-state index in [1.54, 1.807) is 18.4 Å².